The molecule has 0 fully saturated rings. The number of hydrogen-bond donors (Lipinski definition) is 0. The number of anilines is 1. The average molecular weight is 283 g/mol. The molecule has 0 bridgehead atoms. The van der Waals surface area contributed by atoms with Gasteiger partial charge < -0.3 is 0 Å². The summed E-state index contributed by atoms with van der Waals surface area (Å²) in [6.45, 7) is 2.80. The van der Waals surface area contributed by atoms with E-state index < -0.39 is 0 Å². The van der Waals surface area contributed by atoms with Gasteiger partial charge in [0.2, 0.25) is 11.8 Å². The maximum Gasteiger partial charge on any atom is 0.230 e. The number of imide groups is 1. The Bertz CT molecular complexity index is 821. The average Bonchev–Trinajstić information content (AvgIpc) is 2.76. The van der Waals surface area contributed by atoms with Crippen LogP contribution in [0.25, 0.3) is 20.2 Å². The molecule has 1 heterocycles. The first-order valence-electron chi connectivity index (χ1n) is 6.30. The van der Waals surface area contributed by atoms with Crippen LogP contribution < -0.4 is 4.90 Å². The fourth-order valence-electron chi connectivity index (χ4n) is 2.44. The fourth-order valence-corrected chi connectivity index (χ4v) is 3.52. The van der Waals surface area contributed by atoms with Crippen molar-refractivity contribution in [2.75, 3.05) is 4.90 Å². The molecule has 2 amide bonds. The molecule has 0 N–H and O–H groups in total. The van der Waals surface area contributed by atoms with Crippen molar-refractivity contribution in [3.8, 4) is 0 Å². The van der Waals surface area contributed by atoms with Crippen LogP contribution in [0.3, 0.4) is 0 Å². The number of benzene rings is 2. The maximum absolute atomic E-state index is 11.6. The molecule has 100 valence electrons. The van der Waals surface area contributed by atoms with Crippen molar-refractivity contribution in [2.45, 2.75) is 13.8 Å². The molecule has 0 saturated heterocycles. The third kappa shape index (κ3) is 1.98. The summed E-state index contributed by atoms with van der Waals surface area (Å²) in [4.78, 5) is 24.5. The van der Waals surface area contributed by atoms with Crippen molar-refractivity contribution in [3.05, 3.63) is 42.5 Å². The van der Waals surface area contributed by atoms with Gasteiger partial charge in [0.05, 0.1) is 5.69 Å². The summed E-state index contributed by atoms with van der Waals surface area (Å²) in [7, 11) is 0. The molecule has 0 spiro atoms. The summed E-state index contributed by atoms with van der Waals surface area (Å²) in [6, 6.07) is 13.8. The standard InChI is InChI=1S/C16H13NO2S/c1-10(18)17(11(2)19)12-7-8-16-14(9-12)13-5-3-4-6-15(13)20-16/h3-9H,1-2H3. The van der Waals surface area contributed by atoms with Crippen LogP contribution in [0.1, 0.15) is 13.8 Å². The van der Waals surface area contributed by atoms with Crippen molar-refractivity contribution in [2.24, 2.45) is 0 Å². The first kappa shape index (κ1) is 12.8. The predicted molar refractivity (Wildman–Crippen MR) is 83.2 cm³/mol. The molecule has 3 nitrogen and oxygen atoms in total. The van der Waals surface area contributed by atoms with E-state index >= 15 is 0 Å². The predicted octanol–water partition coefficient (Wildman–Crippen LogP) is 3.95. The summed E-state index contributed by atoms with van der Waals surface area (Å²) in [6.07, 6.45) is 0. The molecule has 0 atom stereocenters. The Labute approximate surface area is 120 Å². The van der Waals surface area contributed by atoms with Crippen LogP contribution in [0.15, 0.2) is 42.5 Å². The lowest BCUT2D eigenvalue weighted by Crippen LogP contribution is -2.32. The fraction of sp³-hybridized carbons (Fsp3) is 0.125. The van der Waals surface area contributed by atoms with Gasteiger partial charge in [-0.2, -0.15) is 0 Å². The Kier molecular flexibility index (Phi) is 3.03. The molecule has 0 radical (unpaired) electrons. The summed E-state index contributed by atoms with van der Waals surface area (Å²) in [5.41, 5.74) is 0.626. The number of thiophene rings is 1. The largest absolute Gasteiger partial charge is 0.274 e. The Morgan fingerprint density at radius 2 is 1.55 bits per heavy atom. The maximum atomic E-state index is 11.6. The zero-order valence-electron chi connectivity index (χ0n) is 11.2. The van der Waals surface area contributed by atoms with E-state index in [-0.39, 0.29) is 11.8 Å². The number of rotatable bonds is 1. The van der Waals surface area contributed by atoms with Crippen LogP contribution in [0, 0.1) is 0 Å². The molecule has 0 aliphatic rings. The molecule has 20 heavy (non-hydrogen) atoms. The van der Waals surface area contributed by atoms with Gasteiger partial charge in [-0.25, -0.2) is 0 Å². The lowest BCUT2D eigenvalue weighted by atomic mass is 10.1. The minimum atomic E-state index is -0.267. The highest BCUT2D eigenvalue weighted by Crippen LogP contribution is 2.35. The summed E-state index contributed by atoms with van der Waals surface area (Å²) >= 11 is 1.71. The minimum Gasteiger partial charge on any atom is -0.274 e. The first-order valence-corrected chi connectivity index (χ1v) is 7.12. The van der Waals surface area contributed by atoms with Gasteiger partial charge in [-0.1, -0.05) is 18.2 Å². The van der Waals surface area contributed by atoms with Gasteiger partial charge in [-0.05, 0) is 24.3 Å². The molecule has 0 aliphatic heterocycles. The summed E-state index contributed by atoms with van der Waals surface area (Å²) < 4.78 is 2.36. The molecular weight excluding hydrogens is 270 g/mol. The van der Waals surface area contributed by atoms with E-state index in [0.717, 1.165) is 15.5 Å². The van der Waals surface area contributed by atoms with Crippen molar-refractivity contribution < 1.29 is 9.59 Å². The number of amides is 2. The second kappa shape index (κ2) is 4.72. The van der Waals surface area contributed by atoms with Crippen molar-refractivity contribution in [1.82, 2.24) is 0 Å². The van der Waals surface area contributed by atoms with Gasteiger partial charge in [0.1, 0.15) is 0 Å². The lowest BCUT2D eigenvalue weighted by Gasteiger charge is -2.17. The topological polar surface area (TPSA) is 37.4 Å². The number of hydrogen-bond acceptors (Lipinski definition) is 3. The van der Waals surface area contributed by atoms with Crippen LogP contribution >= 0.6 is 11.3 Å². The zero-order chi connectivity index (χ0) is 14.3. The van der Waals surface area contributed by atoms with Gasteiger partial charge in [-0.15, -0.1) is 11.3 Å². The van der Waals surface area contributed by atoms with E-state index in [1.165, 1.54) is 23.4 Å². The Morgan fingerprint density at radius 1 is 0.900 bits per heavy atom. The highest BCUT2D eigenvalue weighted by molar-refractivity contribution is 7.25. The van der Waals surface area contributed by atoms with Crippen molar-refractivity contribution in [3.63, 3.8) is 0 Å². The summed E-state index contributed by atoms with van der Waals surface area (Å²) in [5, 5.41) is 2.23. The van der Waals surface area contributed by atoms with Crippen LogP contribution in [0.4, 0.5) is 5.69 Å². The van der Waals surface area contributed by atoms with E-state index in [1.54, 1.807) is 11.3 Å². The molecule has 2 aromatic carbocycles. The number of nitrogens with zero attached hydrogens (tertiary/aromatic N) is 1. The molecule has 4 heteroatoms. The van der Waals surface area contributed by atoms with Gasteiger partial charge in [0.15, 0.2) is 0 Å². The normalized spacial score (nSPS) is 10.9. The highest BCUT2D eigenvalue weighted by atomic mass is 32.1. The van der Waals surface area contributed by atoms with E-state index in [2.05, 4.69) is 12.1 Å². The third-order valence-corrected chi connectivity index (χ3v) is 4.40. The molecular formula is C16H13NO2S. The second-order valence-corrected chi connectivity index (χ2v) is 5.74. The van der Waals surface area contributed by atoms with E-state index in [9.17, 15) is 9.59 Å². The number of carbonyl (C=O) groups is 2. The highest BCUT2D eigenvalue weighted by Gasteiger charge is 2.17. The van der Waals surface area contributed by atoms with Gasteiger partial charge in [0.25, 0.3) is 0 Å². The van der Waals surface area contributed by atoms with Crippen LogP contribution in [0.5, 0.6) is 0 Å². The third-order valence-electron chi connectivity index (χ3n) is 3.25. The van der Waals surface area contributed by atoms with Gasteiger partial charge >= 0.3 is 0 Å². The Balaban J connectivity index is 2.26. The van der Waals surface area contributed by atoms with Gasteiger partial charge in [0, 0.05) is 34.0 Å². The first-order chi connectivity index (χ1) is 9.58. The quantitative estimate of drug-likeness (QED) is 0.678. The molecule has 1 aromatic heterocycles. The zero-order valence-corrected chi connectivity index (χ0v) is 12.0. The van der Waals surface area contributed by atoms with E-state index in [4.69, 9.17) is 0 Å². The second-order valence-electron chi connectivity index (χ2n) is 4.65. The SMILES string of the molecule is CC(=O)N(C(C)=O)c1ccc2sc3ccccc3c2c1. The molecule has 3 rings (SSSR count). The number of carbonyl (C=O) groups excluding carboxylic acids is 2. The van der Waals surface area contributed by atoms with Crippen molar-refractivity contribution in [1.29, 1.82) is 0 Å². The monoisotopic (exact) mass is 283 g/mol. The minimum absolute atomic E-state index is 0.267. The van der Waals surface area contributed by atoms with E-state index in [1.807, 2.05) is 30.3 Å². The molecule has 0 unspecified atom stereocenters. The van der Waals surface area contributed by atoms with Crippen LogP contribution in [-0.2, 0) is 9.59 Å². The smallest absolute Gasteiger partial charge is 0.230 e. The molecule has 3 aromatic rings. The van der Waals surface area contributed by atoms with Gasteiger partial charge in [-0.3, -0.25) is 14.5 Å². The Morgan fingerprint density at radius 3 is 2.25 bits per heavy atom. The van der Waals surface area contributed by atoms with Crippen LogP contribution in [-0.4, -0.2) is 11.8 Å². The van der Waals surface area contributed by atoms with Crippen molar-refractivity contribution >= 4 is 49.0 Å². The lowest BCUT2D eigenvalue weighted by molar-refractivity contribution is -0.124. The Hall–Kier alpha value is -2.20. The van der Waals surface area contributed by atoms with Crippen LogP contribution in [0.2, 0.25) is 0 Å². The molecule has 0 saturated carbocycles. The summed E-state index contributed by atoms with van der Waals surface area (Å²) in [5.74, 6) is -0.534. The number of fused-ring (bicyclic) bond motifs is 3. The van der Waals surface area contributed by atoms with E-state index in [0.29, 0.717) is 5.69 Å². The molecule has 0 aliphatic carbocycles.